The Labute approximate surface area is 122 Å². The first kappa shape index (κ1) is 16.7. The van der Waals surface area contributed by atoms with Crippen molar-refractivity contribution in [3.8, 4) is 0 Å². The Bertz CT molecular complexity index is 428. The third-order valence-corrected chi connectivity index (χ3v) is 3.49. The van der Waals surface area contributed by atoms with Gasteiger partial charge in [-0.25, -0.2) is 0 Å². The van der Waals surface area contributed by atoms with E-state index in [-0.39, 0.29) is 11.9 Å². The van der Waals surface area contributed by atoms with E-state index in [9.17, 15) is 4.79 Å². The van der Waals surface area contributed by atoms with Crippen LogP contribution in [-0.2, 0) is 4.79 Å². The van der Waals surface area contributed by atoms with E-state index in [1.165, 1.54) is 5.56 Å². The summed E-state index contributed by atoms with van der Waals surface area (Å²) in [6.45, 7) is 7.58. The van der Waals surface area contributed by atoms with Crippen molar-refractivity contribution in [3.63, 3.8) is 0 Å². The number of likely N-dealkylation sites (N-methyl/N-ethyl adjacent to an activating group) is 2. The van der Waals surface area contributed by atoms with E-state index < -0.39 is 6.04 Å². The standard InChI is InChI=1S/C16H27N3O/c1-6-19(13(3)11-18(4)5)16(20)15(17)14-9-7-12(2)8-10-14/h7-10,13,15H,6,11,17H2,1-5H3. The fourth-order valence-electron chi connectivity index (χ4n) is 2.41. The van der Waals surface area contributed by atoms with Crippen molar-refractivity contribution >= 4 is 5.91 Å². The highest BCUT2D eigenvalue weighted by Gasteiger charge is 2.25. The number of hydrogen-bond acceptors (Lipinski definition) is 3. The second-order valence-electron chi connectivity index (χ2n) is 5.62. The number of benzene rings is 1. The Morgan fingerprint density at radius 2 is 1.80 bits per heavy atom. The number of aryl methyl sites for hydroxylation is 1. The summed E-state index contributed by atoms with van der Waals surface area (Å²) in [4.78, 5) is 16.5. The summed E-state index contributed by atoms with van der Waals surface area (Å²) in [5.41, 5.74) is 8.17. The number of carbonyl (C=O) groups excluding carboxylic acids is 1. The summed E-state index contributed by atoms with van der Waals surface area (Å²) < 4.78 is 0. The zero-order chi connectivity index (χ0) is 15.3. The van der Waals surface area contributed by atoms with Gasteiger partial charge in [0.2, 0.25) is 5.91 Å². The van der Waals surface area contributed by atoms with Crippen LogP contribution < -0.4 is 5.73 Å². The Hall–Kier alpha value is -1.39. The summed E-state index contributed by atoms with van der Waals surface area (Å²) in [5, 5.41) is 0. The number of amides is 1. The highest BCUT2D eigenvalue weighted by atomic mass is 16.2. The largest absolute Gasteiger partial charge is 0.337 e. The molecule has 0 radical (unpaired) electrons. The smallest absolute Gasteiger partial charge is 0.244 e. The first-order valence-corrected chi connectivity index (χ1v) is 7.14. The lowest BCUT2D eigenvalue weighted by atomic mass is 10.0. The van der Waals surface area contributed by atoms with Crippen LogP contribution >= 0.6 is 0 Å². The van der Waals surface area contributed by atoms with Crippen LogP contribution in [0.25, 0.3) is 0 Å². The van der Waals surface area contributed by atoms with Gasteiger partial charge < -0.3 is 15.5 Å². The maximum absolute atomic E-state index is 12.6. The molecule has 2 atom stereocenters. The van der Waals surface area contributed by atoms with Crippen molar-refractivity contribution in [1.29, 1.82) is 0 Å². The lowest BCUT2D eigenvalue weighted by Gasteiger charge is -2.32. The molecule has 4 nitrogen and oxygen atoms in total. The minimum absolute atomic E-state index is 0.00861. The molecule has 0 saturated carbocycles. The molecule has 1 amide bonds. The van der Waals surface area contributed by atoms with Gasteiger partial charge >= 0.3 is 0 Å². The van der Waals surface area contributed by atoms with Gasteiger partial charge in [0.05, 0.1) is 0 Å². The van der Waals surface area contributed by atoms with Crippen molar-refractivity contribution in [3.05, 3.63) is 35.4 Å². The van der Waals surface area contributed by atoms with Gasteiger partial charge in [-0.2, -0.15) is 0 Å². The molecule has 0 fully saturated rings. The van der Waals surface area contributed by atoms with Crippen LogP contribution in [0.4, 0.5) is 0 Å². The predicted molar refractivity (Wildman–Crippen MR) is 83.5 cm³/mol. The topological polar surface area (TPSA) is 49.6 Å². The second-order valence-corrected chi connectivity index (χ2v) is 5.62. The molecule has 1 aromatic carbocycles. The van der Waals surface area contributed by atoms with Gasteiger partial charge in [-0.05, 0) is 40.4 Å². The molecule has 1 rings (SSSR count). The van der Waals surface area contributed by atoms with E-state index >= 15 is 0 Å². The highest BCUT2D eigenvalue weighted by Crippen LogP contribution is 2.16. The zero-order valence-electron chi connectivity index (χ0n) is 13.3. The summed E-state index contributed by atoms with van der Waals surface area (Å²) in [6.07, 6.45) is 0. The van der Waals surface area contributed by atoms with Gasteiger partial charge in [-0.1, -0.05) is 29.8 Å². The quantitative estimate of drug-likeness (QED) is 0.862. The first-order valence-electron chi connectivity index (χ1n) is 7.14. The van der Waals surface area contributed by atoms with Crippen molar-refractivity contribution in [2.75, 3.05) is 27.2 Å². The molecule has 1 aromatic rings. The predicted octanol–water partition coefficient (Wildman–Crippen LogP) is 1.79. The van der Waals surface area contributed by atoms with Crippen LogP contribution in [-0.4, -0.2) is 48.9 Å². The number of nitrogens with zero attached hydrogens (tertiary/aromatic N) is 2. The molecule has 0 aliphatic rings. The van der Waals surface area contributed by atoms with Crippen molar-refractivity contribution in [2.24, 2.45) is 5.73 Å². The highest BCUT2D eigenvalue weighted by molar-refractivity contribution is 5.83. The van der Waals surface area contributed by atoms with Gasteiger partial charge in [0.25, 0.3) is 0 Å². The summed E-state index contributed by atoms with van der Waals surface area (Å²) >= 11 is 0. The average Bonchev–Trinajstić information content (AvgIpc) is 2.38. The van der Waals surface area contributed by atoms with Gasteiger partial charge in [0, 0.05) is 19.1 Å². The summed E-state index contributed by atoms with van der Waals surface area (Å²) in [6, 6.07) is 7.41. The van der Waals surface area contributed by atoms with Crippen molar-refractivity contribution in [2.45, 2.75) is 32.9 Å². The molecule has 20 heavy (non-hydrogen) atoms. The fourth-order valence-corrected chi connectivity index (χ4v) is 2.41. The molecule has 0 aliphatic heterocycles. The first-order chi connectivity index (χ1) is 9.36. The Morgan fingerprint density at radius 3 is 2.25 bits per heavy atom. The maximum atomic E-state index is 12.6. The minimum atomic E-state index is -0.583. The molecule has 0 aromatic heterocycles. The molecule has 4 heteroatoms. The molecular formula is C16H27N3O. The molecule has 0 aliphatic carbocycles. The van der Waals surface area contributed by atoms with Crippen LogP contribution in [0.5, 0.6) is 0 Å². The minimum Gasteiger partial charge on any atom is -0.337 e. The fraction of sp³-hybridized carbons (Fsp3) is 0.562. The van der Waals surface area contributed by atoms with Crippen LogP contribution in [0, 0.1) is 6.92 Å². The maximum Gasteiger partial charge on any atom is 0.244 e. The van der Waals surface area contributed by atoms with Crippen LogP contribution in [0.15, 0.2) is 24.3 Å². The number of carbonyl (C=O) groups is 1. The Morgan fingerprint density at radius 1 is 1.25 bits per heavy atom. The van der Waals surface area contributed by atoms with Crippen LogP contribution in [0.2, 0.25) is 0 Å². The lowest BCUT2D eigenvalue weighted by Crippen LogP contribution is -2.47. The molecule has 0 bridgehead atoms. The molecule has 0 saturated heterocycles. The molecule has 112 valence electrons. The van der Waals surface area contributed by atoms with Crippen molar-refractivity contribution in [1.82, 2.24) is 9.80 Å². The van der Waals surface area contributed by atoms with Crippen LogP contribution in [0.1, 0.15) is 31.0 Å². The summed E-state index contributed by atoms with van der Waals surface area (Å²) in [5.74, 6) is -0.00861. The third kappa shape index (κ3) is 4.32. The zero-order valence-corrected chi connectivity index (χ0v) is 13.3. The van der Waals surface area contributed by atoms with Gasteiger partial charge in [0.1, 0.15) is 6.04 Å². The lowest BCUT2D eigenvalue weighted by molar-refractivity contribution is -0.134. The molecule has 0 spiro atoms. The van der Waals surface area contributed by atoms with Gasteiger partial charge in [-0.3, -0.25) is 4.79 Å². The Kier molecular flexibility index (Phi) is 6.17. The van der Waals surface area contributed by atoms with E-state index in [0.29, 0.717) is 6.54 Å². The van der Waals surface area contributed by atoms with Crippen LogP contribution in [0.3, 0.4) is 0 Å². The average molecular weight is 277 g/mol. The molecular weight excluding hydrogens is 250 g/mol. The van der Waals surface area contributed by atoms with E-state index in [1.54, 1.807) is 0 Å². The SMILES string of the molecule is CCN(C(=O)C(N)c1ccc(C)cc1)C(C)CN(C)C. The van der Waals surface area contributed by atoms with E-state index in [4.69, 9.17) is 5.73 Å². The molecule has 2 N–H and O–H groups in total. The molecule has 2 unspecified atom stereocenters. The van der Waals surface area contributed by atoms with Crippen molar-refractivity contribution < 1.29 is 4.79 Å². The second kappa shape index (κ2) is 7.41. The van der Waals surface area contributed by atoms with Gasteiger partial charge in [-0.15, -0.1) is 0 Å². The number of nitrogens with two attached hydrogens (primary N) is 1. The molecule has 0 heterocycles. The third-order valence-electron chi connectivity index (χ3n) is 3.49. The van der Waals surface area contributed by atoms with E-state index in [1.807, 2.05) is 57.1 Å². The van der Waals surface area contributed by atoms with E-state index in [0.717, 1.165) is 12.1 Å². The number of hydrogen-bond donors (Lipinski definition) is 1. The van der Waals surface area contributed by atoms with Gasteiger partial charge in [0.15, 0.2) is 0 Å². The number of rotatable bonds is 6. The Balaban J connectivity index is 2.82. The normalized spacial score (nSPS) is 14.2. The summed E-state index contributed by atoms with van der Waals surface area (Å²) in [7, 11) is 4.02. The van der Waals surface area contributed by atoms with E-state index in [2.05, 4.69) is 11.8 Å². The monoisotopic (exact) mass is 277 g/mol.